The summed E-state index contributed by atoms with van der Waals surface area (Å²) in [7, 11) is -3.65. The zero-order chi connectivity index (χ0) is 20.3. The largest absolute Gasteiger partial charge is 0.265 e. The first-order chi connectivity index (χ1) is 14.0. The van der Waals surface area contributed by atoms with E-state index in [-0.39, 0.29) is 6.04 Å². The van der Waals surface area contributed by atoms with E-state index in [0.29, 0.717) is 11.3 Å². The number of hydrogen-bond donors (Lipinski definition) is 0. The Balaban J connectivity index is 1.75. The highest BCUT2D eigenvalue weighted by Gasteiger charge is 2.38. The van der Waals surface area contributed by atoms with E-state index >= 15 is 0 Å². The van der Waals surface area contributed by atoms with Crippen molar-refractivity contribution in [3.05, 3.63) is 107 Å². The SMILES string of the molecule is Cc1ccc(S(=O)(=O)N2C(=Cc3ccccc3)SCC2Cc2ccccc2)cc1. The van der Waals surface area contributed by atoms with Gasteiger partial charge in [-0.2, -0.15) is 0 Å². The summed E-state index contributed by atoms with van der Waals surface area (Å²) in [6.45, 7) is 1.96. The Bertz CT molecular complexity index is 1090. The number of sulfonamides is 1. The van der Waals surface area contributed by atoms with Crippen LogP contribution in [-0.2, 0) is 16.4 Å². The summed E-state index contributed by atoms with van der Waals surface area (Å²) in [5.41, 5.74) is 3.18. The standard InChI is InChI=1S/C24H23NO2S2/c1-19-12-14-23(15-13-19)29(26,27)25-22(16-20-8-4-2-5-9-20)18-28-24(25)17-21-10-6-3-7-11-21/h2-15,17,22H,16,18H2,1H3. The van der Waals surface area contributed by atoms with Crippen molar-refractivity contribution < 1.29 is 8.42 Å². The molecule has 3 nitrogen and oxygen atoms in total. The van der Waals surface area contributed by atoms with Crippen molar-refractivity contribution in [3.8, 4) is 0 Å². The highest BCUT2D eigenvalue weighted by Crippen LogP contribution is 2.40. The molecule has 148 valence electrons. The molecule has 1 unspecified atom stereocenters. The molecule has 3 aromatic rings. The zero-order valence-electron chi connectivity index (χ0n) is 16.2. The molecule has 5 heteroatoms. The maximum atomic E-state index is 13.6. The van der Waals surface area contributed by atoms with Crippen molar-refractivity contribution in [2.45, 2.75) is 24.3 Å². The monoisotopic (exact) mass is 421 g/mol. The first-order valence-corrected chi connectivity index (χ1v) is 12.0. The average Bonchev–Trinajstić information content (AvgIpc) is 3.12. The molecule has 4 rings (SSSR count). The Morgan fingerprint density at radius 3 is 2.21 bits per heavy atom. The third-order valence-corrected chi connectivity index (χ3v) is 8.11. The van der Waals surface area contributed by atoms with Gasteiger partial charge >= 0.3 is 0 Å². The summed E-state index contributed by atoms with van der Waals surface area (Å²) >= 11 is 1.61. The van der Waals surface area contributed by atoms with E-state index in [9.17, 15) is 8.42 Å². The van der Waals surface area contributed by atoms with Gasteiger partial charge < -0.3 is 0 Å². The smallest absolute Gasteiger partial charge is 0.256 e. The van der Waals surface area contributed by atoms with Crippen LogP contribution in [-0.4, -0.2) is 24.5 Å². The highest BCUT2D eigenvalue weighted by atomic mass is 32.2. The van der Waals surface area contributed by atoms with E-state index in [1.165, 1.54) is 0 Å². The summed E-state index contributed by atoms with van der Waals surface area (Å²) in [5.74, 6) is 0.735. The summed E-state index contributed by atoms with van der Waals surface area (Å²) in [4.78, 5) is 0.336. The quantitative estimate of drug-likeness (QED) is 0.558. The molecule has 0 bridgehead atoms. The van der Waals surface area contributed by atoms with Crippen molar-refractivity contribution in [2.75, 3.05) is 5.75 Å². The average molecular weight is 422 g/mol. The molecule has 0 N–H and O–H groups in total. The third kappa shape index (κ3) is 4.41. The van der Waals surface area contributed by atoms with E-state index < -0.39 is 10.0 Å². The first kappa shape index (κ1) is 19.8. The first-order valence-electron chi connectivity index (χ1n) is 9.58. The van der Waals surface area contributed by atoms with Crippen LogP contribution in [0.4, 0.5) is 0 Å². The molecule has 1 atom stereocenters. The predicted molar refractivity (Wildman–Crippen MR) is 121 cm³/mol. The van der Waals surface area contributed by atoms with Gasteiger partial charge in [-0.1, -0.05) is 78.4 Å². The topological polar surface area (TPSA) is 37.4 Å². The van der Waals surface area contributed by atoms with Gasteiger partial charge in [-0.15, -0.1) is 11.8 Å². The Hall–Kier alpha value is -2.50. The lowest BCUT2D eigenvalue weighted by Crippen LogP contribution is -2.37. The van der Waals surface area contributed by atoms with Crippen LogP contribution in [0.15, 0.2) is 94.9 Å². The molecule has 3 aromatic carbocycles. The fraction of sp³-hybridized carbons (Fsp3) is 0.167. The second kappa shape index (κ2) is 8.47. The van der Waals surface area contributed by atoms with Crippen molar-refractivity contribution >= 4 is 27.9 Å². The Morgan fingerprint density at radius 2 is 1.55 bits per heavy atom. The van der Waals surface area contributed by atoms with E-state index in [1.54, 1.807) is 28.2 Å². The molecule has 1 fully saturated rings. The number of thioether (sulfide) groups is 1. The van der Waals surface area contributed by atoms with Gasteiger partial charge in [-0.3, -0.25) is 4.31 Å². The number of hydrogen-bond acceptors (Lipinski definition) is 3. The Labute approximate surface area is 177 Å². The maximum absolute atomic E-state index is 13.6. The van der Waals surface area contributed by atoms with E-state index in [1.807, 2.05) is 73.7 Å². The highest BCUT2D eigenvalue weighted by molar-refractivity contribution is 8.04. The van der Waals surface area contributed by atoms with Crippen molar-refractivity contribution in [2.24, 2.45) is 0 Å². The Morgan fingerprint density at radius 1 is 0.931 bits per heavy atom. The molecule has 1 aliphatic heterocycles. The second-order valence-corrected chi connectivity index (χ2v) is 10.0. The van der Waals surface area contributed by atoms with Crippen LogP contribution in [0.1, 0.15) is 16.7 Å². The van der Waals surface area contributed by atoms with Crippen LogP contribution >= 0.6 is 11.8 Å². The summed E-state index contributed by atoms with van der Waals surface area (Å²) in [5, 5.41) is 0.776. The molecular weight excluding hydrogens is 398 g/mol. The fourth-order valence-electron chi connectivity index (χ4n) is 3.46. The summed E-state index contributed by atoms with van der Waals surface area (Å²) in [6, 6.07) is 26.9. The van der Waals surface area contributed by atoms with Gasteiger partial charge in [0.15, 0.2) is 0 Å². The van der Waals surface area contributed by atoms with Gasteiger partial charge in [0.25, 0.3) is 10.0 Å². The minimum atomic E-state index is -3.65. The third-order valence-electron chi connectivity index (χ3n) is 4.95. The molecule has 1 aliphatic rings. The number of aryl methyl sites for hydroxylation is 1. The molecule has 0 aromatic heterocycles. The lowest BCUT2D eigenvalue weighted by molar-refractivity contribution is 0.430. The molecule has 0 aliphatic carbocycles. The van der Waals surface area contributed by atoms with E-state index in [2.05, 4.69) is 12.1 Å². The number of nitrogens with zero attached hydrogens (tertiary/aromatic N) is 1. The van der Waals surface area contributed by atoms with Gasteiger partial charge in [-0.05, 0) is 42.7 Å². The second-order valence-electron chi connectivity index (χ2n) is 7.16. The maximum Gasteiger partial charge on any atom is 0.265 e. The fourth-order valence-corrected chi connectivity index (χ4v) is 6.67. The molecule has 29 heavy (non-hydrogen) atoms. The lowest BCUT2D eigenvalue weighted by Gasteiger charge is -2.26. The number of benzene rings is 3. The van der Waals surface area contributed by atoms with E-state index in [4.69, 9.17) is 0 Å². The molecular formula is C24H23NO2S2. The minimum absolute atomic E-state index is 0.122. The molecule has 1 heterocycles. The zero-order valence-corrected chi connectivity index (χ0v) is 17.9. The molecule has 1 saturated heterocycles. The van der Waals surface area contributed by atoms with Crippen LogP contribution in [0.5, 0.6) is 0 Å². The van der Waals surface area contributed by atoms with Crippen LogP contribution in [0.25, 0.3) is 6.08 Å². The minimum Gasteiger partial charge on any atom is -0.256 e. The van der Waals surface area contributed by atoms with Gasteiger partial charge in [0.1, 0.15) is 0 Å². The van der Waals surface area contributed by atoms with Gasteiger partial charge in [0.2, 0.25) is 0 Å². The number of rotatable bonds is 5. The van der Waals surface area contributed by atoms with Crippen molar-refractivity contribution in [1.82, 2.24) is 4.31 Å². The summed E-state index contributed by atoms with van der Waals surface area (Å²) in [6.07, 6.45) is 2.66. The normalized spacial score (nSPS) is 18.3. The van der Waals surface area contributed by atoms with Gasteiger partial charge in [0.05, 0.1) is 16.0 Å². The molecule has 0 radical (unpaired) electrons. The molecule has 0 saturated carbocycles. The van der Waals surface area contributed by atoms with Crippen LogP contribution in [0, 0.1) is 6.92 Å². The lowest BCUT2D eigenvalue weighted by atomic mass is 10.1. The van der Waals surface area contributed by atoms with Gasteiger partial charge in [-0.25, -0.2) is 8.42 Å². The van der Waals surface area contributed by atoms with Crippen molar-refractivity contribution in [1.29, 1.82) is 0 Å². The van der Waals surface area contributed by atoms with Crippen LogP contribution < -0.4 is 0 Å². The predicted octanol–water partition coefficient (Wildman–Crippen LogP) is 5.34. The van der Waals surface area contributed by atoms with Crippen LogP contribution in [0.2, 0.25) is 0 Å². The molecule has 0 amide bonds. The van der Waals surface area contributed by atoms with Crippen LogP contribution in [0.3, 0.4) is 0 Å². The van der Waals surface area contributed by atoms with E-state index in [0.717, 1.165) is 27.5 Å². The Kier molecular flexibility index (Phi) is 5.79. The van der Waals surface area contributed by atoms with Gasteiger partial charge in [0, 0.05) is 5.75 Å². The summed E-state index contributed by atoms with van der Waals surface area (Å²) < 4.78 is 28.9. The van der Waals surface area contributed by atoms with Crippen molar-refractivity contribution in [3.63, 3.8) is 0 Å². The molecule has 0 spiro atoms.